The molecule has 1 N–H and O–H groups in total. The van der Waals surface area contributed by atoms with Gasteiger partial charge in [-0.2, -0.15) is 0 Å². The summed E-state index contributed by atoms with van der Waals surface area (Å²) in [4.78, 5) is 4.47. The maximum absolute atomic E-state index is 9.08. The van der Waals surface area contributed by atoms with E-state index in [0.717, 1.165) is 26.1 Å². The van der Waals surface area contributed by atoms with Crippen molar-refractivity contribution in [1.82, 2.24) is 9.80 Å². The Morgan fingerprint density at radius 3 is 2.15 bits per heavy atom. The lowest BCUT2D eigenvalue weighted by atomic mass is 10.2. The second kappa shape index (κ2) is 7.30. The maximum atomic E-state index is 9.08. The Bertz CT molecular complexity index is 115. The third-order valence-corrected chi connectivity index (χ3v) is 2.07. The molecule has 0 amide bonds. The van der Waals surface area contributed by atoms with Crippen LogP contribution in [0.25, 0.3) is 0 Å². The van der Waals surface area contributed by atoms with Crippen molar-refractivity contribution >= 4 is 0 Å². The van der Waals surface area contributed by atoms with E-state index in [1.54, 1.807) is 0 Å². The quantitative estimate of drug-likeness (QED) is 0.635. The lowest BCUT2D eigenvalue weighted by Gasteiger charge is -2.18. The van der Waals surface area contributed by atoms with Gasteiger partial charge in [-0.3, -0.25) is 0 Å². The van der Waals surface area contributed by atoms with Crippen molar-refractivity contribution in [2.75, 3.05) is 40.8 Å². The van der Waals surface area contributed by atoms with Crippen molar-refractivity contribution in [3.63, 3.8) is 0 Å². The van der Waals surface area contributed by atoms with Gasteiger partial charge in [0.25, 0.3) is 0 Å². The van der Waals surface area contributed by atoms with Crippen LogP contribution in [-0.4, -0.2) is 61.8 Å². The predicted molar refractivity (Wildman–Crippen MR) is 57.0 cm³/mol. The lowest BCUT2D eigenvalue weighted by Crippen LogP contribution is -2.26. The average Bonchev–Trinajstić information content (AvgIpc) is 2.00. The number of rotatable bonds is 7. The summed E-state index contributed by atoms with van der Waals surface area (Å²) in [6, 6.07) is 0. The first-order valence-corrected chi connectivity index (χ1v) is 5.03. The molecule has 80 valence electrons. The van der Waals surface area contributed by atoms with Crippen molar-refractivity contribution < 1.29 is 5.11 Å². The Hall–Kier alpha value is -0.120. The van der Waals surface area contributed by atoms with Crippen molar-refractivity contribution in [3.8, 4) is 0 Å². The first kappa shape index (κ1) is 12.9. The Balaban J connectivity index is 3.25. The molecule has 13 heavy (non-hydrogen) atoms. The van der Waals surface area contributed by atoms with Crippen LogP contribution in [-0.2, 0) is 0 Å². The summed E-state index contributed by atoms with van der Waals surface area (Å²) in [5.41, 5.74) is 0. The van der Waals surface area contributed by atoms with Crippen LogP contribution < -0.4 is 0 Å². The number of nitrogens with zero attached hydrogens (tertiary/aromatic N) is 2. The van der Waals surface area contributed by atoms with Gasteiger partial charge in [0.05, 0.1) is 6.10 Å². The van der Waals surface area contributed by atoms with Gasteiger partial charge in [0.15, 0.2) is 0 Å². The monoisotopic (exact) mass is 188 g/mol. The highest BCUT2D eigenvalue weighted by atomic mass is 16.3. The topological polar surface area (TPSA) is 26.7 Å². The van der Waals surface area contributed by atoms with Crippen LogP contribution in [0.4, 0.5) is 0 Å². The molecule has 3 heteroatoms. The minimum atomic E-state index is -0.170. The van der Waals surface area contributed by atoms with Crippen LogP contribution in [0.5, 0.6) is 0 Å². The van der Waals surface area contributed by atoms with Crippen molar-refractivity contribution in [3.05, 3.63) is 0 Å². The maximum Gasteiger partial charge on any atom is 0.0524 e. The van der Waals surface area contributed by atoms with E-state index in [0.29, 0.717) is 0 Å². The molecule has 1 unspecified atom stereocenters. The zero-order valence-electron chi connectivity index (χ0n) is 9.45. The van der Waals surface area contributed by atoms with Gasteiger partial charge >= 0.3 is 0 Å². The molecule has 0 spiro atoms. The zero-order chi connectivity index (χ0) is 10.3. The molecule has 0 aromatic carbocycles. The van der Waals surface area contributed by atoms with E-state index in [9.17, 15) is 0 Å². The first-order valence-electron chi connectivity index (χ1n) is 5.03. The number of aliphatic hydroxyl groups is 1. The molecule has 0 bridgehead atoms. The summed E-state index contributed by atoms with van der Waals surface area (Å²) in [7, 11) is 6.30. The van der Waals surface area contributed by atoms with Crippen LogP contribution in [0, 0.1) is 0 Å². The second-order valence-corrected chi connectivity index (χ2v) is 4.10. The highest BCUT2D eigenvalue weighted by Crippen LogP contribution is 1.94. The molecule has 0 aliphatic rings. The van der Waals surface area contributed by atoms with Gasteiger partial charge in [0.1, 0.15) is 0 Å². The Kier molecular flexibility index (Phi) is 7.23. The van der Waals surface area contributed by atoms with Crippen molar-refractivity contribution in [2.45, 2.75) is 25.9 Å². The largest absolute Gasteiger partial charge is 0.393 e. The fourth-order valence-electron chi connectivity index (χ4n) is 1.18. The van der Waals surface area contributed by atoms with Gasteiger partial charge in [-0.1, -0.05) is 0 Å². The minimum Gasteiger partial charge on any atom is -0.393 e. The summed E-state index contributed by atoms with van der Waals surface area (Å²) in [5.74, 6) is 0. The fourth-order valence-corrected chi connectivity index (χ4v) is 1.18. The summed E-state index contributed by atoms with van der Waals surface area (Å²) < 4.78 is 0. The average molecular weight is 188 g/mol. The molecule has 0 aromatic heterocycles. The van der Waals surface area contributed by atoms with Gasteiger partial charge in [-0.15, -0.1) is 0 Å². The van der Waals surface area contributed by atoms with Crippen LogP contribution in [0.2, 0.25) is 0 Å². The fraction of sp³-hybridized carbons (Fsp3) is 1.00. The van der Waals surface area contributed by atoms with Crippen molar-refractivity contribution in [2.24, 2.45) is 0 Å². The normalized spacial score (nSPS) is 14.1. The molecule has 1 atom stereocenters. The second-order valence-electron chi connectivity index (χ2n) is 4.10. The van der Waals surface area contributed by atoms with Crippen LogP contribution in [0.15, 0.2) is 0 Å². The smallest absolute Gasteiger partial charge is 0.0524 e. The van der Waals surface area contributed by atoms with Gasteiger partial charge in [0, 0.05) is 6.54 Å². The Labute approximate surface area is 82.3 Å². The van der Waals surface area contributed by atoms with E-state index in [1.165, 1.54) is 6.42 Å². The zero-order valence-corrected chi connectivity index (χ0v) is 9.45. The van der Waals surface area contributed by atoms with Crippen molar-refractivity contribution in [1.29, 1.82) is 0 Å². The van der Waals surface area contributed by atoms with Gasteiger partial charge in [0.2, 0.25) is 0 Å². The number of aliphatic hydroxyl groups excluding tert-OH is 1. The molecular weight excluding hydrogens is 164 g/mol. The van der Waals surface area contributed by atoms with Gasteiger partial charge in [-0.05, 0) is 54.0 Å². The molecule has 0 saturated carbocycles. The molecule has 0 radical (unpaired) electrons. The summed E-state index contributed by atoms with van der Waals surface area (Å²) in [6.45, 7) is 5.09. The SMILES string of the molecule is CC(O)CCN(C)CCCN(C)C. The molecule has 0 heterocycles. The molecule has 3 nitrogen and oxygen atoms in total. The number of hydrogen-bond donors (Lipinski definition) is 1. The number of hydrogen-bond acceptors (Lipinski definition) is 3. The van der Waals surface area contributed by atoms with E-state index in [4.69, 9.17) is 5.11 Å². The summed E-state index contributed by atoms with van der Waals surface area (Å²) in [5, 5.41) is 9.08. The van der Waals surface area contributed by atoms with E-state index < -0.39 is 0 Å². The predicted octanol–water partition coefficient (Wildman–Crippen LogP) is 0.641. The lowest BCUT2D eigenvalue weighted by molar-refractivity contribution is 0.163. The van der Waals surface area contributed by atoms with Gasteiger partial charge in [-0.25, -0.2) is 0 Å². The minimum absolute atomic E-state index is 0.170. The van der Waals surface area contributed by atoms with Crippen LogP contribution in [0.1, 0.15) is 19.8 Å². The van der Waals surface area contributed by atoms with Gasteiger partial charge < -0.3 is 14.9 Å². The Morgan fingerprint density at radius 1 is 1.08 bits per heavy atom. The first-order chi connectivity index (χ1) is 6.02. The molecule has 0 fully saturated rings. The van der Waals surface area contributed by atoms with E-state index in [-0.39, 0.29) is 6.10 Å². The molecular formula is C10H24N2O. The molecule has 0 aliphatic heterocycles. The van der Waals surface area contributed by atoms with Crippen LogP contribution in [0.3, 0.4) is 0 Å². The highest BCUT2D eigenvalue weighted by Gasteiger charge is 2.01. The third-order valence-electron chi connectivity index (χ3n) is 2.07. The van der Waals surface area contributed by atoms with E-state index in [2.05, 4.69) is 30.9 Å². The van der Waals surface area contributed by atoms with E-state index >= 15 is 0 Å². The molecule has 0 aliphatic carbocycles. The highest BCUT2D eigenvalue weighted by molar-refractivity contribution is 4.56. The van der Waals surface area contributed by atoms with Crippen LogP contribution >= 0.6 is 0 Å². The van der Waals surface area contributed by atoms with E-state index in [1.807, 2.05) is 6.92 Å². The standard InChI is InChI=1S/C10H24N2O/c1-10(13)6-9-12(4)8-5-7-11(2)3/h10,13H,5-9H2,1-4H3. The molecule has 0 saturated heterocycles. The molecule has 0 rings (SSSR count). The Morgan fingerprint density at radius 2 is 1.69 bits per heavy atom. The summed E-state index contributed by atoms with van der Waals surface area (Å²) >= 11 is 0. The molecule has 0 aromatic rings. The summed E-state index contributed by atoms with van der Waals surface area (Å²) in [6.07, 6.45) is 1.90. The third kappa shape index (κ3) is 9.80.